The minimum Gasteiger partial charge on any atom is -0.313 e. The Kier molecular flexibility index (Phi) is 4.48. The summed E-state index contributed by atoms with van der Waals surface area (Å²) >= 11 is 0. The van der Waals surface area contributed by atoms with Gasteiger partial charge in [0.15, 0.2) is 0 Å². The summed E-state index contributed by atoms with van der Waals surface area (Å²) in [7, 11) is 1.90. The van der Waals surface area contributed by atoms with Crippen molar-refractivity contribution in [2.75, 3.05) is 7.05 Å². The van der Waals surface area contributed by atoms with Crippen LogP contribution >= 0.6 is 0 Å². The van der Waals surface area contributed by atoms with Crippen molar-refractivity contribution in [3.05, 3.63) is 47.0 Å². The average Bonchev–Trinajstić information content (AvgIpc) is 2.36. The lowest BCUT2D eigenvalue weighted by Crippen LogP contribution is -2.30. The highest BCUT2D eigenvalue weighted by Gasteiger charge is 2.15. The van der Waals surface area contributed by atoms with Crippen LogP contribution in [-0.2, 0) is 6.42 Å². The molecule has 1 aliphatic carbocycles. The van der Waals surface area contributed by atoms with Gasteiger partial charge >= 0.3 is 0 Å². The molecule has 0 fully saturated rings. The highest BCUT2D eigenvalue weighted by atomic mass is 19.1. The first-order valence-electron chi connectivity index (χ1n) is 6.50. The Morgan fingerprint density at radius 1 is 1.17 bits per heavy atom. The van der Waals surface area contributed by atoms with Crippen molar-refractivity contribution in [2.24, 2.45) is 0 Å². The number of halogens is 2. The largest absolute Gasteiger partial charge is 0.313 e. The van der Waals surface area contributed by atoms with Gasteiger partial charge in [-0.2, -0.15) is 0 Å². The molecule has 0 saturated carbocycles. The van der Waals surface area contributed by atoms with E-state index in [1.54, 1.807) is 0 Å². The topological polar surface area (TPSA) is 12.0 Å². The Morgan fingerprint density at radius 2 is 1.89 bits per heavy atom. The minimum atomic E-state index is -0.502. The van der Waals surface area contributed by atoms with Crippen LogP contribution in [0.15, 0.2) is 29.8 Å². The number of nitrogens with one attached hydrogen (secondary N) is 1. The van der Waals surface area contributed by atoms with Crippen LogP contribution in [0.4, 0.5) is 8.78 Å². The Morgan fingerprint density at radius 3 is 2.44 bits per heavy atom. The predicted molar refractivity (Wildman–Crippen MR) is 69.5 cm³/mol. The van der Waals surface area contributed by atoms with Crippen molar-refractivity contribution in [3.8, 4) is 0 Å². The zero-order chi connectivity index (χ0) is 13.0. The molecule has 3 heteroatoms. The van der Waals surface area contributed by atoms with Crippen molar-refractivity contribution < 1.29 is 8.78 Å². The summed E-state index contributed by atoms with van der Waals surface area (Å²) in [5, 5.41) is 3.25. The van der Waals surface area contributed by atoms with Gasteiger partial charge in [0, 0.05) is 12.1 Å². The van der Waals surface area contributed by atoms with Crippen LogP contribution in [0.5, 0.6) is 0 Å². The molecule has 0 saturated heterocycles. The first-order chi connectivity index (χ1) is 8.69. The highest BCUT2D eigenvalue weighted by molar-refractivity contribution is 5.23. The molecule has 1 aliphatic rings. The van der Waals surface area contributed by atoms with Gasteiger partial charge in [-0.1, -0.05) is 11.6 Å². The van der Waals surface area contributed by atoms with Gasteiger partial charge in [0.1, 0.15) is 11.6 Å². The lowest BCUT2D eigenvalue weighted by Gasteiger charge is -2.23. The fraction of sp³-hybridized carbons (Fsp3) is 0.467. The molecule has 0 spiro atoms. The molecule has 1 aromatic rings. The number of hydrogen-bond acceptors (Lipinski definition) is 1. The summed E-state index contributed by atoms with van der Waals surface area (Å²) in [6.07, 6.45) is 7.56. The van der Waals surface area contributed by atoms with Gasteiger partial charge in [-0.3, -0.25) is 0 Å². The predicted octanol–water partition coefficient (Wildman–Crippen LogP) is 3.60. The van der Waals surface area contributed by atoms with E-state index in [0.717, 1.165) is 18.9 Å². The average molecular weight is 251 g/mol. The normalized spacial score (nSPS) is 17.4. The van der Waals surface area contributed by atoms with Crippen LogP contribution in [0.3, 0.4) is 0 Å². The van der Waals surface area contributed by atoms with E-state index in [-0.39, 0.29) is 6.04 Å². The Labute approximate surface area is 107 Å². The quantitative estimate of drug-likeness (QED) is 0.806. The molecular formula is C15H19F2N. The third-order valence-corrected chi connectivity index (χ3v) is 3.48. The number of allylic oxidation sites excluding steroid dienone is 1. The lowest BCUT2D eigenvalue weighted by molar-refractivity contribution is 0.555. The number of benzene rings is 1. The molecular weight excluding hydrogens is 232 g/mol. The number of hydrogen-bond donors (Lipinski definition) is 1. The van der Waals surface area contributed by atoms with Gasteiger partial charge in [-0.25, -0.2) is 8.78 Å². The highest BCUT2D eigenvalue weighted by Crippen LogP contribution is 2.22. The third-order valence-electron chi connectivity index (χ3n) is 3.48. The van der Waals surface area contributed by atoms with Crippen molar-refractivity contribution in [1.29, 1.82) is 0 Å². The Hall–Kier alpha value is -1.22. The zero-order valence-corrected chi connectivity index (χ0v) is 10.7. The van der Waals surface area contributed by atoms with E-state index in [4.69, 9.17) is 0 Å². The molecule has 1 aromatic carbocycles. The van der Waals surface area contributed by atoms with Crippen LogP contribution < -0.4 is 5.32 Å². The monoisotopic (exact) mass is 251 g/mol. The fourth-order valence-corrected chi connectivity index (χ4v) is 2.56. The van der Waals surface area contributed by atoms with E-state index in [9.17, 15) is 8.78 Å². The summed E-state index contributed by atoms with van der Waals surface area (Å²) < 4.78 is 26.3. The van der Waals surface area contributed by atoms with Crippen LogP contribution in [0.25, 0.3) is 0 Å². The van der Waals surface area contributed by atoms with Gasteiger partial charge in [0.05, 0.1) is 0 Å². The first-order valence-corrected chi connectivity index (χ1v) is 6.50. The molecule has 1 nitrogen and oxygen atoms in total. The molecule has 18 heavy (non-hydrogen) atoms. The second-order valence-corrected chi connectivity index (χ2v) is 4.85. The molecule has 1 unspecified atom stereocenters. The standard InChI is InChI=1S/C15H19F2N/c1-18-15(12-5-3-2-4-6-12)9-11-7-13(16)10-14(17)8-11/h5,7-8,10,15,18H,2-4,6,9H2,1H3. The van der Waals surface area contributed by atoms with E-state index in [0.29, 0.717) is 12.0 Å². The summed E-state index contributed by atoms with van der Waals surface area (Å²) in [6, 6.07) is 3.93. The SMILES string of the molecule is CNC(Cc1cc(F)cc(F)c1)C1=CCCCC1. The number of likely N-dealkylation sites (N-methyl/N-ethyl adjacent to an activating group) is 1. The fourth-order valence-electron chi connectivity index (χ4n) is 2.56. The summed E-state index contributed by atoms with van der Waals surface area (Å²) in [6.45, 7) is 0. The molecule has 0 aliphatic heterocycles. The van der Waals surface area contributed by atoms with E-state index >= 15 is 0 Å². The molecule has 1 N–H and O–H groups in total. The molecule has 2 rings (SSSR count). The van der Waals surface area contributed by atoms with E-state index in [2.05, 4.69) is 11.4 Å². The Balaban J connectivity index is 2.12. The van der Waals surface area contributed by atoms with Crippen LogP contribution in [-0.4, -0.2) is 13.1 Å². The molecule has 0 bridgehead atoms. The molecule has 98 valence electrons. The molecule has 0 radical (unpaired) electrons. The zero-order valence-electron chi connectivity index (χ0n) is 10.7. The third kappa shape index (κ3) is 3.39. The summed E-state index contributed by atoms with van der Waals surface area (Å²) in [5.74, 6) is -1.00. The summed E-state index contributed by atoms with van der Waals surface area (Å²) in [4.78, 5) is 0. The summed E-state index contributed by atoms with van der Waals surface area (Å²) in [5.41, 5.74) is 2.08. The smallest absolute Gasteiger partial charge is 0.126 e. The molecule has 1 atom stereocenters. The van der Waals surface area contributed by atoms with Gasteiger partial charge in [0.2, 0.25) is 0 Å². The maximum atomic E-state index is 13.1. The minimum absolute atomic E-state index is 0.187. The van der Waals surface area contributed by atoms with Gasteiger partial charge < -0.3 is 5.32 Å². The van der Waals surface area contributed by atoms with E-state index < -0.39 is 11.6 Å². The van der Waals surface area contributed by atoms with Crippen LogP contribution in [0.2, 0.25) is 0 Å². The van der Waals surface area contributed by atoms with Gasteiger partial charge in [0.25, 0.3) is 0 Å². The van der Waals surface area contributed by atoms with E-state index in [1.807, 2.05) is 7.05 Å². The Bertz CT molecular complexity index is 420. The van der Waals surface area contributed by atoms with Crippen molar-refractivity contribution >= 4 is 0 Å². The molecule has 0 aromatic heterocycles. The van der Waals surface area contributed by atoms with Crippen molar-refractivity contribution in [1.82, 2.24) is 5.32 Å². The maximum Gasteiger partial charge on any atom is 0.126 e. The van der Waals surface area contributed by atoms with Gasteiger partial charge in [-0.15, -0.1) is 0 Å². The molecule has 0 amide bonds. The number of rotatable bonds is 4. The van der Waals surface area contributed by atoms with E-state index in [1.165, 1.54) is 30.5 Å². The maximum absolute atomic E-state index is 13.1. The van der Waals surface area contributed by atoms with Crippen molar-refractivity contribution in [2.45, 2.75) is 38.1 Å². The lowest BCUT2D eigenvalue weighted by atomic mass is 9.90. The van der Waals surface area contributed by atoms with Crippen LogP contribution in [0.1, 0.15) is 31.2 Å². The molecule has 0 heterocycles. The first kappa shape index (κ1) is 13.2. The second-order valence-electron chi connectivity index (χ2n) is 4.85. The van der Waals surface area contributed by atoms with Crippen LogP contribution in [0, 0.1) is 11.6 Å². The van der Waals surface area contributed by atoms with Crippen molar-refractivity contribution in [3.63, 3.8) is 0 Å². The van der Waals surface area contributed by atoms with Gasteiger partial charge in [-0.05, 0) is 56.8 Å². The second kappa shape index (κ2) is 6.10.